The number of rotatable bonds is 4. The van der Waals surface area contributed by atoms with Crippen LogP contribution in [0.3, 0.4) is 0 Å². The zero-order chi connectivity index (χ0) is 15.2. The summed E-state index contributed by atoms with van der Waals surface area (Å²) in [7, 11) is 1.64. The van der Waals surface area contributed by atoms with Crippen molar-refractivity contribution in [3.63, 3.8) is 0 Å². The first kappa shape index (κ1) is 14.8. The zero-order valence-corrected chi connectivity index (χ0v) is 11.9. The highest BCUT2D eigenvalue weighted by Gasteiger charge is 2.21. The molecule has 0 aliphatic rings. The van der Waals surface area contributed by atoms with Gasteiger partial charge in [0.2, 0.25) is 5.91 Å². The van der Waals surface area contributed by atoms with E-state index >= 15 is 0 Å². The van der Waals surface area contributed by atoms with Crippen LogP contribution in [0.5, 0.6) is 0 Å². The quantitative estimate of drug-likeness (QED) is 0.931. The molecule has 0 saturated heterocycles. The second-order valence-electron chi connectivity index (χ2n) is 4.82. The molecular weight excluding hydrogens is 262 g/mol. The Balaban J connectivity index is 2.14. The number of hydrogen-bond acceptors (Lipinski definition) is 3. The summed E-state index contributed by atoms with van der Waals surface area (Å²) in [6.07, 6.45) is 0.471. The van der Waals surface area contributed by atoms with E-state index in [-0.39, 0.29) is 5.91 Å². The Morgan fingerprint density at radius 2 is 1.81 bits per heavy atom. The molecule has 0 aliphatic carbocycles. The number of nitrogens with two attached hydrogens (primary N) is 1. The smallest absolute Gasteiger partial charge is 0.244 e. The van der Waals surface area contributed by atoms with Gasteiger partial charge in [-0.05, 0) is 24.1 Å². The van der Waals surface area contributed by atoms with E-state index in [1.54, 1.807) is 31.3 Å². The van der Waals surface area contributed by atoms with Gasteiger partial charge in [0.05, 0.1) is 17.3 Å². The number of para-hydroxylation sites is 1. The van der Waals surface area contributed by atoms with E-state index in [9.17, 15) is 4.79 Å². The Morgan fingerprint density at radius 3 is 2.48 bits per heavy atom. The fraction of sp³-hybridized carbons (Fsp3) is 0.176. The lowest BCUT2D eigenvalue weighted by molar-refractivity contribution is -0.119. The standard InChI is InChI=1S/C17H17N3O/c1-20(16-10-6-5-9-14(16)12-18)17(21)15(19)11-13-7-3-2-4-8-13/h2-10,15H,11,19H2,1H3/t15-/m1/s1. The van der Waals surface area contributed by atoms with Gasteiger partial charge in [0, 0.05) is 7.05 Å². The van der Waals surface area contributed by atoms with Crippen molar-refractivity contribution in [2.45, 2.75) is 12.5 Å². The van der Waals surface area contributed by atoms with E-state index in [4.69, 9.17) is 11.0 Å². The topological polar surface area (TPSA) is 70.1 Å². The third-order valence-electron chi connectivity index (χ3n) is 3.33. The van der Waals surface area contributed by atoms with Crippen LogP contribution < -0.4 is 10.6 Å². The molecule has 4 nitrogen and oxygen atoms in total. The molecule has 0 radical (unpaired) electrons. The van der Waals surface area contributed by atoms with Crippen LogP contribution in [-0.4, -0.2) is 19.0 Å². The summed E-state index contributed by atoms with van der Waals surface area (Å²) in [6.45, 7) is 0. The highest BCUT2D eigenvalue weighted by Crippen LogP contribution is 2.19. The van der Waals surface area contributed by atoms with Crippen molar-refractivity contribution >= 4 is 11.6 Å². The van der Waals surface area contributed by atoms with E-state index in [2.05, 4.69) is 6.07 Å². The molecule has 0 spiro atoms. The molecule has 0 aromatic heterocycles. The Bertz CT molecular complexity index is 661. The van der Waals surface area contributed by atoms with E-state index in [0.29, 0.717) is 17.7 Å². The van der Waals surface area contributed by atoms with Gasteiger partial charge >= 0.3 is 0 Å². The number of carbonyl (C=O) groups is 1. The van der Waals surface area contributed by atoms with Crippen LogP contribution in [0.25, 0.3) is 0 Å². The minimum absolute atomic E-state index is 0.207. The fourth-order valence-corrected chi connectivity index (χ4v) is 2.18. The molecule has 1 amide bonds. The number of benzene rings is 2. The number of nitrogens with zero attached hydrogens (tertiary/aromatic N) is 2. The van der Waals surface area contributed by atoms with Crippen molar-refractivity contribution in [2.75, 3.05) is 11.9 Å². The lowest BCUT2D eigenvalue weighted by atomic mass is 10.1. The van der Waals surface area contributed by atoms with Crippen LogP contribution in [0, 0.1) is 11.3 Å². The van der Waals surface area contributed by atoms with Gasteiger partial charge < -0.3 is 10.6 Å². The van der Waals surface area contributed by atoms with Crippen LogP contribution in [0.1, 0.15) is 11.1 Å². The van der Waals surface area contributed by atoms with Gasteiger partial charge in [-0.25, -0.2) is 0 Å². The first-order chi connectivity index (χ1) is 10.1. The third kappa shape index (κ3) is 3.47. The molecule has 0 unspecified atom stereocenters. The second kappa shape index (κ2) is 6.69. The molecule has 21 heavy (non-hydrogen) atoms. The van der Waals surface area contributed by atoms with Crippen LogP contribution in [-0.2, 0) is 11.2 Å². The van der Waals surface area contributed by atoms with Gasteiger partial charge in [0.25, 0.3) is 0 Å². The van der Waals surface area contributed by atoms with E-state index < -0.39 is 6.04 Å². The minimum atomic E-state index is -0.635. The molecule has 2 aromatic rings. The summed E-state index contributed by atoms with van der Waals surface area (Å²) in [5.74, 6) is -0.207. The van der Waals surface area contributed by atoms with Gasteiger partial charge in [-0.3, -0.25) is 4.79 Å². The Morgan fingerprint density at radius 1 is 1.19 bits per heavy atom. The molecule has 2 N–H and O–H groups in total. The van der Waals surface area contributed by atoms with E-state index in [0.717, 1.165) is 5.56 Å². The monoisotopic (exact) mass is 279 g/mol. The van der Waals surface area contributed by atoms with Crippen LogP contribution in [0.2, 0.25) is 0 Å². The molecule has 0 fully saturated rings. The van der Waals surface area contributed by atoms with E-state index in [1.165, 1.54) is 4.90 Å². The Kier molecular flexibility index (Phi) is 4.70. The number of anilines is 1. The molecule has 0 heterocycles. The number of nitriles is 1. The average Bonchev–Trinajstić information content (AvgIpc) is 2.54. The summed E-state index contributed by atoms with van der Waals surface area (Å²) >= 11 is 0. The van der Waals surface area contributed by atoms with Crippen LogP contribution in [0.4, 0.5) is 5.69 Å². The lowest BCUT2D eigenvalue weighted by Crippen LogP contribution is -2.43. The predicted molar refractivity (Wildman–Crippen MR) is 82.7 cm³/mol. The maximum atomic E-state index is 12.4. The molecule has 1 atom stereocenters. The maximum absolute atomic E-state index is 12.4. The van der Waals surface area contributed by atoms with Gasteiger partial charge in [0.1, 0.15) is 6.07 Å². The molecule has 0 bridgehead atoms. The number of amides is 1. The summed E-state index contributed by atoms with van der Waals surface area (Å²) in [5, 5.41) is 9.10. The second-order valence-corrected chi connectivity index (χ2v) is 4.82. The molecule has 4 heteroatoms. The van der Waals surface area contributed by atoms with Gasteiger partial charge in [-0.1, -0.05) is 42.5 Å². The summed E-state index contributed by atoms with van der Waals surface area (Å²) in [4.78, 5) is 13.9. The van der Waals surface area contributed by atoms with Gasteiger partial charge in [-0.15, -0.1) is 0 Å². The zero-order valence-electron chi connectivity index (χ0n) is 11.9. The van der Waals surface area contributed by atoms with Gasteiger partial charge in [0.15, 0.2) is 0 Å². The molecule has 2 aromatic carbocycles. The number of likely N-dealkylation sites (N-methyl/N-ethyl adjacent to an activating group) is 1. The first-order valence-electron chi connectivity index (χ1n) is 6.69. The molecular formula is C17H17N3O. The highest BCUT2D eigenvalue weighted by atomic mass is 16.2. The van der Waals surface area contributed by atoms with Crippen LogP contribution >= 0.6 is 0 Å². The normalized spacial score (nSPS) is 11.5. The summed E-state index contributed by atoms with van der Waals surface area (Å²) in [6, 6.07) is 18.1. The highest BCUT2D eigenvalue weighted by molar-refractivity contribution is 5.97. The van der Waals surface area contributed by atoms with E-state index in [1.807, 2.05) is 30.3 Å². The Labute approximate surface area is 124 Å². The van der Waals surface area contributed by atoms with Crippen molar-refractivity contribution in [2.24, 2.45) is 5.73 Å². The fourth-order valence-electron chi connectivity index (χ4n) is 2.18. The van der Waals surface area contributed by atoms with Crippen LogP contribution in [0.15, 0.2) is 54.6 Å². The SMILES string of the molecule is CN(C(=O)[C@H](N)Cc1ccccc1)c1ccccc1C#N. The summed E-state index contributed by atoms with van der Waals surface area (Å²) in [5.41, 5.74) is 8.05. The van der Waals surface area contributed by atoms with Crippen molar-refractivity contribution in [3.05, 3.63) is 65.7 Å². The minimum Gasteiger partial charge on any atom is -0.320 e. The predicted octanol–water partition coefficient (Wildman–Crippen LogP) is 2.09. The van der Waals surface area contributed by atoms with Crippen molar-refractivity contribution in [3.8, 4) is 6.07 Å². The largest absolute Gasteiger partial charge is 0.320 e. The van der Waals surface area contributed by atoms with Crippen molar-refractivity contribution in [1.82, 2.24) is 0 Å². The van der Waals surface area contributed by atoms with Crippen molar-refractivity contribution in [1.29, 1.82) is 5.26 Å². The van der Waals surface area contributed by atoms with Gasteiger partial charge in [-0.2, -0.15) is 5.26 Å². The first-order valence-corrected chi connectivity index (χ1v) is 6.69. The number of carbonyl (C=O) groups excluding carboxylic acids is 1. The number of hydrogen-bond donors (Lipinski definition) is 1. The molecule has 2 rings (SSSR count). The maximum Gasteiger partial charge on any atom is 0.244 e. The summed E-state index contributed by atoms with van der Waals surface area (Å²) < 4.78 is 0. The molecule has 0 aliphatic heterocycles. The molecule has 106 valence electrons. The third-order valence-corrected chi connectivity index (χ3v) is 3.33. The van der Waals surface area contributed by atoms with Crippen molar-refractivity contribution < 1.29 is 4.79 Å². The Hall–Kier alpha value is -2.64. The molecule has 0 saturated carbocycles. The average molecular weight is 279 g/mol. The lowest BCUT2D eigenvalue weighted by Gasteiger charge is -2.22.